The van der Waals surface area contributed by atoms with Crippen molar-refractivity contribution in [2.45, 2.75) is 33.4 Å². The van der Waals surface area contributed by atoms with Crippen molar-refractivity contribution in [1.29, 1.82) is 0 Å². The van der Waals surface area contributed by atoms with E-state index in [1.807, 2.05) is 37.4 Å². The Hall–Kier alpha value is -0.910. The number of halogens is 1. The predicted molar refractivity (Wildman–Crippen MR) is 64.0 cm³/mol. The summed E-state index contributed by atoms with van der Waals surface area (Å²) in [6.45, 7) is 9.46. The largest absolute Gasteiger partial charge is 0.312 e. The van der Waals surface area contributed by atoms with E-state index in [9.17, 15) is 8.09 Å². The summed E-state index contributed by atoms with van der Waals surface area (Å²) in [6.07, 6.45) is 0. The summed E-state index contributed by atoms with van der Waals surface area (Å²) in [4.78, 5) is 4.26. The SMILES string of the molecule is CCN(CC)n1c(CS(=O)F)nc(C)c1C. The van der Waals surface area contributed by atoms with Gasteiger partial charge in [-0.25, -0.2) is 13.9 Å². The molecule has 16 heavy (non-hydrogen) atoms. The van der Waals surface area contributed by atoms with Crippen LogP contribution < -0.4 is 5.01 Å². The van der Waals surface area contributed by atoms with E-state index in [1.54, 1.807) is 0 Å². The van der Waals surface area contributed by atoms with Gasteiger partial charge < -0.3 is 5.01 Å². The van der Waals surface area contributed by atoms with Crippen molar-refractivity contribution >= 4 is 11.2 Å². The van der Waals surface area contributed by atoms with Gasteiger partial charge in [-0.15, -0.1) is 3.89 Å². The van der Waals surface area contributed by atoms with Crippen molar-refractivity contribution in [3.63, 3.8) is 0 Å². The Morgan fingerprint density at radius 2 is 1.94 bits per heavy atom. The molecule has 0 bridgehead atoms. The van der Waals surface area contributed by atoms with E-state index in [2.05, 4.69) is 4.98 Å². The van der Waals surface area contributed by atoms with Gasteiger partial charge in [-0.3, -0.25) is 0 Å². The molecule has 92 valence electrons. The van der Waals surface area contributed by atoms with E-state index in [-0.39, 0.29) is 5.75 Å². The molecule has 0 radical (unpaired) electrons. The molecule has 0 aliphatic rings. The molecule has 4 nitrogen and oxygen atoms in total. The van der Waals surface area contributed by atoms with Gasteiger partial charge in [0.15, 0.2) is 0 Å². The van der Waals surface area contributed by atoms with Crippen molar-refractivity contribution in [2.75, 3.05) is 18.1 Å². The van der Waals surface area contributed by atoms with Gasteiger partial charge >= 0.3 is 0 Å². The van der Waals surface area contributed by atoms with Crippen LogP contribution in [0.3, 0.4) is 0 Å². The van der Waals surface area contributed by atoms with Crippen LogP contribution in [0.1, 0.15) is 31.1 Å². The lowest BCUT2D eigenvalue weighted by Crippen LogP contribution is -2.36. The maximum atomic E-state index is 12.6. The van der Waals surface area contributed by atoms with E-state index in [1.165, 1.54) is 0 Å². The van der Waals surface area contributed by atoms with Crippen LogP contribution in [0.2, 0.25) is 0 Å². The number of hydrogen-bond acceptors (Lipinski definition) is 3. The first kappa shape index (κ1) is 13.2. The number of imidazole rings is 1. The van der Waals surface area contributed by atoms with Crippen LogP contribution >= 0.6 is 0 Å². The van der Waals surface area contributed by atoms with Gasteiger partial charge in [0.2, 0.25) is 11.2 Å². The first-order valence-corrected chi connectivity index (χ1v) is 6.57. The van der Waals surface area contributed by atoms with Crippen molar-refractivity contribution in [3.8, 4) is 0 Å². The Balaban J connectivity index is 3.17. The molecule has 0 aromatic carbocycles. The molecular weight excluding hydrogens is 229 g/mol. The Bertz CT molecular complexity index is 388. The zero-order chi connectivity index (χ0) is 12.3. The van der Waals surface area contributed by atoms with Crippen LogP contribution in [0.5, 0.6) is 0 Å². The highest BCUT2D eigenvalue weighted by atomic mass is 32.2. The van der Waals surface area contributed by atoms with E-state index >= 15 is 0 Å². The first-order chi connectivity index (χ1) is 7.51. The average Bonchev–Trinajstić information content (AvgIpc) is 2.47. The molecular formula is C10H18FN3OS. The summed E-state index contributed by atoms with van der Waals surface area (Å²) >= 11 is -2.35. The molecule has 1 heterocycles. The summed E-state index contributed by atoms with van der Waals surface area (Å²) in [6, 6.07) is 0. The molecule has 1 atom stereocenters. The van der Waals surface area contributed by atoms with Gasteiger partial charge in [0, 0.05) is 13.1 Å². The minimum absolute atomic E-state index is 0.148. The van der Waals surface area contributed by atoms with Crippen molar-refractivity contribution < 1.29 is 8.09 Å². The fourth-order valence-electron chi connectivity index (χ4n) is 1.75. The smallest absolute Gasteiger partial charge is 0.206 e. The molecule has 0 aliphatic heterocycles. The van der Waals surface area contributed by atoms with Gasteiger partial charge in [-0.05, 0) is 27.7 Å². The zero-order valence-corrected chi connectivity index (χ0v) is 11.0. The lowest BCUT2D eigenvalue weighted by atomic mass is 10.4. The van der Waals surface area contributed by atoms with Gasteiger partial charge in [0.25, 0.3) is 0 Å². The molecule has 1 unspecified atom stereocenters. The summed E-state index contributed by atoms with van der Waals surface area (Å²) in [5.74, 6) is 0.380. The van der Waals surface area contributed by atoms with Crippen LogP contribution in [-0.4, -0.2) is 27.0 Å². The fraction of sp³-hybridized carbons (Fsp3) is 0.700. The topological polar surface area (TPSA) is 38.1 Å². The molecule has 0 saturated heterocycles. The van der Waals surface area contributed by atoms with Crippen molar-refractivity contribution in [3.05, 3.63) is 17.2 Å². The standard InChI is InChI=1S/C10H18FN3OS/c1-5-13(6-2)14-9(4)8(3)12-10(14)7-16(11)15/h5-7H2,1-4H3. The third kappa shape index (κ3) is 2.61. The van der Waals surface area contributed by atoms with Crippen molar-refractivity contribution in [1.82, 2.24) is 9.66 Å². The maximum Gasteiger partial charge on any atom is 0.206 e. The maximum absolute atomic E-state index is 12.6. The molecule has 1 rings (SSSR count). The Morgan fingerprint density at radius 1 is 1.38 bits per heavy atom. The molecule has 0 spiro atoms. The first-order valence-electron chi connectivity index (χ1n) is 5.35. The monoisotopic (exact) mass is 247 g/mol. The van der Waals surface area contributed by atoms with E-state index in [0.29, 0.717) is 5.82 Å². The lowest BCUT2D eigenvalue weighted by Gasteiger charge is -2.25. The molecule has 0 amide bonds. The van der Waals surface area contributed by atoms with E-state index in [4.69, 9.17) is 0 Å². The molecule has 1 aromatic rings. The highest BCUT2D eigenvalue weighted by Gasteiger charge is 2.16. The number of rotatable bonds is 5. The van der Waals surface area contributed by atoms with Gasteiger partial charge in [0.05, 0.1) is 11.4 Å². The molecule has 0 fully saturated rings. The van der Waals surface area contributed by atoms with Crippen molar-refractivity contribution in [2.24, 2.45) is 0 Å². The van der Waals surface area contributed by atoms with Crippen LogP contribution in [0, 0.1) is 13.8 Å². The van der Waals surface area contributed by atoms with Crippen LogP contribution in [0.15, 0.2) is 0 Å². The van der Waals surface area contributed by atoms with Gasteiger partial charge in [-0.1, -0.05) is 0 Å². The number of aryl methyl sites for hydroxylation is 1. The van der Waals surface area contributed by atoms with E-state index < -0.39 is 11.2 Å². The summed E-state index contributed by atoms with van der Waals surface area (Å²) in [5.41, 5.74) is 1.83. The summed E-state index contributed by atoms with van der Waals surface area (Å²) in [5, 5.41) is 2.04. The minimum Gasteiger partial charge on any atom is -0.312 e. The number of nitrogens with zero attached hydrogens (tertiary/aromatic N) is 3. The van der Waals surface area contributed by atoms with Crippen LogP contribution in [0.25, 0.3) is 0 Å². The Morgan fingerprint density at radius 3 is 2.38 bits per heavy atom. The van der Waals surface area contributed by atoms with Crippen LogP contribution in [-0.2, 0) is 16.9 Å². The second-order valence-corrected chi connectivity index (χ2v) is 4.45. The fourth-order valence-corrected chi connectivity index (χ4v) is 2.14. The highest BCUT2D eigenvalue weighted by Crippen LogP contribution is 2.13. The molecule has 0 aliphatic carbocycles. The zero-order valence-electron chi connectivity index (χ0n) is 10.2. The Labute approximate surface area is 98.2 Å². The quantitative estimate of drug-likeness (QED) is 0.742. The molecule has 1 aromatic heterocycles. The normalized spacial score (nSPS) is 12.8. The van der Waals surface area contributed by atoms with Gasteiger partial charge in [0.1, 0.15) is 11.6 Å². The second kappa shape index (κ2) is 5.43. The average molecular weight is 247 g/mol. The third-order valence-electron chi connectivity index (χ3n) is 2.64. The predicted octanol–water partition coefficient (Wildman–Crippen LogP) is 1.61. The summed E-state index contributed by atoms with van der Waals surface area (Å²) in [7, 11) is 0. The minimum atomic E-state index is -2.35. The third-order valence-corrected chi connectivity index (χ3v) is 3.12. The lowest BCUT2D eigenvalue weighted by molar-refractivity contribution is 0.583. The summed E-state index contributed by atoms with van der Waals surface area (Å²) < 4.78 is 25.1. The molecule has 0 saturated carbocycles. The molecule has 6 heteroatoms. The van der Waals surface area contributed by atoms with E-state index in [0.717, 1.165) is 24.5 Å². The van der Waals surface area contributed by atoms with Crippen LogP contribution in [0.4, 0.5) is 3.89 Å². The Kier molecular flexibility index (Phi) is 4.46. The highest BCUT2D eigenvalue weighted by molar-refractivity contribution is 7.78. The number of aromatic nitrogens is 2. The molecule has 0 N–H and O–H groups in total. The van der Waals surface area contributed by atoms with Gasteiger partial charge in [-0.2, -0.15) is 0 Å². The number of hydrogen-bond donors (Lipinski definition) is 0. The second-order valence-electron chi connectivity index (χ2n) is 3.58.